The van der Waals surface area contributed by atoms with Crippen LogP contribution < -0.4 is 10.5 Å². The molecule has 0 amide bonds. The fraction of sp³-hybridized carbons (Fsp3) is 0.526. The summed E-state index contributed by atoms with van der Waals surface area (Å²) in [4.78, 5) is 4.29. The summed E-state index contributed by atoms with van der Waals surface area (Å²) in [6, 6.07) is 8.26. The third-order valence-electron chi connectivity index (χ3n) is 5.08. The fourth-order valence-corrected chi connectivity index (χ4v) is 2.78. The maximum atomic E-state index is 5.92. The Kier molecular flexibility index (Phi) is 36.2. The Hall–Kier alpha value is -3.18. The molecule has 5 heteroatoms. The molecular weight excluding hydrogens is 530 g/mol. The minimum absolute atomic E-state index is 0.472. The Balaban J connectivity index is -0.000000393. The molecule has 1 aromatic carbocycles. The van der Waals surface area contributed by atoms with E-state index in [9.17, 15) is 0 Å². The zero-order valence-electron chi connectivity index (χ0n) is 30.8. The van der Waals surface area contributed by atoms with E-state index in [1.54, 1.807) is 6.20 Å². The van der Waals surface area contributed by atoms with Crippen LogP contribution in [0.2, 0.25) is 0 Å². The second kappa shape index (κ2) is 33.3. The first-order valence-electron chi connectivity index (χ1n) is 15.8. The van der Waals surface area contributed by atoms with E-state index in [-0.39, 0.29) is 0 Å². The normalized spacial score (nSPS) is 11.7. The van der Waals surface area contributed by atoms with Gasteiger partial charge in [0.05, 0.1) is 0 Å². The van der Waals surface area contributed by atoms with Gasteiger partial charge in [0, 0.05) is 30.6 Å². The Morgan fingerprint density at radius 2 is 1.49 bits per heavy atom. The van der Waals surface area contributed by atoms with E-state index >= 15 is 0 Å². The van der Waals surface area contributed by atoms with Gasteiger partial charge in [0.2, 0.25) is 0 Å². The molecule has 0 aliphatic heterocycles. The zero-order chi connectivity index (χ0) is 34.2. The topological polar surface area (TPSA) is 51.0 Å². The largest absolute Gasteiger partial charge is 0.492 e. The fourth-order valence-electron chi connectivity index (χ4n) is 2.78. The predicted octanol–water partition coefficient (Wildman–Crippen LogP) is 10.5. The number of ether oxygens (including phenoxy) is 2. The van der Waals surface area contributed by atoms with Crippen molar-refractivity contribution >= 4 is 0 Å². The van der Waals surface area contributed by atoms with E-state index in [1.807, 2.05) is 123 Å². The summed E-state index contributed by atoms with van der Waals surface area (Å²) in [7, 11) is 3.97. The summed E-state index contributed by atoms with van der Waals surface area (Å²) in [6.07, 6.45) is 13.3. The minimum Gasteiger partial charge on any atom is -0.492 e. The Labute approximate surface area is 268 Å². The lowest BCUT2D eigenvalue weighted by Gasteiger charge is -2.26. The van der Waals surface area contributed by atoms with E-state index in [4.69, 9.17) is 15.2 Å². The molecule has 0 atom stereocenters. The van der Waals surface area contributed by atoms with E-state index in [2.05, 4.69) is 58.2 Å². The molecule has 0 fully saturated rings. The average Bonchev–Trinajstić information content (AvgIpc) is 3.01. The van der Waals surface area contributed by atoms with Gasteiger partial charge in [-0.1, -0.05) is 109 Å². The highest BCUT2D eigenvalue weighted by Gasteiger charge is 2.09. The third kappa shape index (κ3) is 30.1. The molecule has 0 heterocycles. The van der Waals surface area contributed by atoms with Gasteiger partial charge in [0.1, 0.15) is 24.8 Å². The van der Waals surface area contributed by atoms with Gasteiger partial charge in [0.15, 0.2) is 0 Å². The van der Waals surface area contributed by atoms with Gasteiger partial charge in [0.25, 0.3) is 0 Å². The molecule has 5 nitrogen and oxygen atoms in total. The van der Waals surface area contributed by atoms with Crippen molar-refractivity contribution in [1.82, 2.24) is 9.80 Å². The second-order valence-corrected chi connectivity index (χ2v) is 10.1. The summed E-state index contributed by atoms with van der Waals surface area (Å²) in [5.41, 5.74) is 10.1. The molecule has 0 radical (unpaired) electrons. The van der Waals surface area contributed by atoms with Gasteiger partial charge in [-0.15, -0.1) is 0 Å². The number of hydrogen-bond acceptors (Lipinski definition) is 5. The highest BCUT2D eigenvalue weighted by atomic mass is 16.5. The molecule has 0 aromatic heterocycles. The number of hydrogen-bond donors (Lipinski definition) is 1. The predicted molar refractivity (Wildman–Crippen MR) is 195 cm³/mol. The SMILES string of the molecule is C/C=C\C(=C/N)CO/C(C)=C(/C)N(CC)Cc1ccc(OCN(C)C)cc1.C=C/C(C)=C\C=C/C.CC.CC.CC(C)C. The summed E-state index contributed by atoms with van der Waals surface area (Å²) < 4.78 is 11.6. The minimum atomic E-state index is 0.472. The van der Waals surface area contributed by atoms with Crippen LogP contribution in [0.3, 0.4) is 0 Å². The molecule has 1 aromatic rings. The van der Waals surface area contributed by atoms with E-state index in [0.29, 0.717) is 13.3 Å². The van der Waals surface area contributed by atoms with Crippen molar-refractivity contribution < 1.29 is 9.47 Å². The first-order chi connectivity index (χ1) is 20.4. The number of allylic oxidation sites excluding steroid dienone is 8. The molecule has 1 rings (SSSR count). The van der Waals surface area contributed by atoms with Crippen LogP contribution in [0.4, 0.5) is 0 Å². The first kappa shape index (κ1) is 46.8. The standard InChI is InChI=1S/C22H35N3O2.C8H12.C4H10.2C2H6/c1-7-9-21(14-23)16-26-19(4)18(3)25(8-2)15-20-10-12-22(13-11-20)27-17-24(5)6;1-4-6-7-8(3)5-2;1-4(2)3;2*1-2/h7,9-14H,8,15-17,23H2,1-6H3;4-7H,2H2,1,3H3;4H,1-3H3;2*1-2H3/b9-7-,19-18-,21-14+;6-4-,8-7-;;;. The van der Waals surface area contributed by atoms with Gasteiger partial charge in [-0.05, 0) is 79.3 Å². The van der Waals surface area contributed by atoms with Crippen molar-refractivity contribution in [3.05, 3.63) is 102 Å². The summed E-state index contributed by atoms with van der Waals surface area (Å²) in [5.74, 6) is 2.62. The highest BCUT2D eigenvalue weighted by molar-refractivity contribution is 5.27. The van der Waals surface area contributed by atoms with Crippen LogP contribution in [-0.4, -0.2) is 43.8 Å². The monoisotopic (exact) mass is 600 g/mol. The molecule has 0 saturated carbocycles. The van der Waals surface area contributed by atoms with Crippen molar-refractivity contribution in [3.63, 3.8) is 0 Å². The lowest BCUT2D eigenvalue weighted by Crippen LogP contribution is -2.22. The number of benzene rings is 1. The van der Waals surface area contributed by atoms with E-state index in [0.717, 1.165) is 41.8 Å². The average molecular weight is 600 g/mol. The Morgan fingerprint density at radius 1 is 0.953 bits per heavy atom. The lowest BCUT2D eigenvalue weighted by molar-refractivity contribution is 0.179. The summed E-state index contributed by atoms with van der Waals surface area (Å²) in [5, 5.41) is 0. The Morgan fingerprint density at radius 3 is 1.88 bits per heavy atom. The Bertz CT molecular complexity index is 918. The second-order valence-electron chi connectivity index (χ2n) is 10.1. The van der Waals surface area contributed by atoms with Gasteiger partial charge >= 0.3 is 0 Å². The third-order valence-corrected chi connectivity index (χ3v) is 5.08. The first-order valence-corrected chi connectivity index (χ1v) is 15.8. The van der Waals surface area contributed by atoms with Gasteiger partial charge in [-0.3, -0.25) is 4.90 Å². The molecule has 0 aliphatic rings. The van der Waals surface area contributed by atoms with Crippen LogP contribution in [-0.2, 0) is 11.3 Å². The van der Waals surface area contributed by atoms with Crippen LogP contribution in [0.5, 0.6) is 5.75 Å². The highest BCUT2D eigenvalue weighted by Crippen LogP contribution is 2.18. The number of rotatable bonds is 13. The molecule has 0 aliphatic carbocycles. The van der Waals surface area contributed by atoms with Crippen LogP contribution in [0, 0.1) is 5.92 Å². The smallest absolute Gasteiger partial charge is 0.141 e. The summed E-state index contributed by atoms with van der Waals surface area (Å²) >= 11 is 0. The van der Waals surface area contributed by atoms with Gasteiger partial charge < -0.3 is 20.1 Å². The molecule has 248 valence electrons. The van der Waals surface area contributed by atoms with E-state index < -0.39 is 0 Å². The number of nitrogens with zero attached hydrogens (tertiary/aromatic N) is 2. The van der Waals surface area contributed by atoms with Crippen molar-refractivity contribution in [1.29, 1.82) is 0 Å². The molecular formula is C38H69N3O2. The van der Waals surface area contributed by atoms with Crippen molar-refractivity contribution in [2.24, 2.45) is 11.7 Å². The van der Waals surface area contributed by atoms with Gasteiger partial charge in [-0.25, -0.2) is 0 Å². The van der Waals surface area contributed by atoms with Crippen LogP contribution >= 0.6 is 0 Å². The van der Waals surface area contributed by atoms with Gasteiger partial charge in [-0.2, -0.15) is 0 Å². The molecule has 0 saturated heterocycles. The van der Waals surface area contributed by atoms with E-state index in [1.165, 1.54) is 11.1 Å². The molecule has 0 spiro atoms. The molecule has 2 N–H and O–H groups in total. The maximum Gasteiger partial charge on any atom is 0.141 e. The van der Waals surface area contributed by atoms with Crippen molar-refractivity contribution in [3.8, 4) is 5.75 Å². The molecule has 0 bridgehead atoms. The number of nitrogens with two attached hydrogens (primary N) is 1. The zero-order valence-corrected chi connectivity index (χ0v) is 30.8. The van der Waals surface area contributed by atoms with Crippen LogP contribution in [0.25, 0.3) is 0 Å². The van der Waals surface area contributed by atoms with Crippen molar-refractivity contribution in [2.45, 2.75) is 96.6 Å². The molecule has 0 unspecified atom stereocenters. The summed E-state index contributed by atoms with van der Waals surface area (Å²) in [6.45, 7) is 33.1. The lowest BCUT2D eigenvalue weighted by atomic mass is 10.2. The van der Waals surface area contributed by atoms with Crippen LogP contribution in [0.1, 0.15) is 95.6 Å². The maximum absolute atomic E-state index is 5.92. The molecule has 43 heavy (non-hydrogen) atoms. The quantitative estimate of drug-likeness (QED) is 0.139. The van der Waals surface area contributed by atoms with Crippen molar-refractivity contribution in [2.75, 3.05) is 34.0 Å². The van der Waals surface area contributed by atoms with Crippen LogP contribution in [0.15, 0.2) is 96.1 Å².